The maximum absolute atomic E-state index is 11.7. The van der Waals surface area contributed by atoms with Gasteiger partial charge in [-0.05, 0) is 31.4 Å². The van der Waals surface area contributed by atoms with Gasteiger partial charge in [-0.1, -0.05) is 56.2 Å². The number of benzene rings is 1. The first-order valence-corrected chi connectivity index (χ1v) is 8.68. The molecule has 132 valence electrons. The van der Waals surface area contributed by atoms with Crippen molar-refractivity contribution in [2.75, 3.05) is 6.61 Å². The fourth-order valence-electron chi connectivity index (χ4n) is 2.19. The number of unbranched alkanes of at least 4 members (excludes halogenated alkanes) is 2. The highest BCUT2D eigenvalue weighted by Crippen LogP contribution is 2.08. The fourth-order valence-corrected chi connectivity index (χ4v) is 2.19. The molecule has 0 aromatic heterocycles. The molecule has 0 bridgehead atoms. The zero-order valence-electron chi connectivity index (χ0n) is 14.7. The van der Waals surface area contributed by atoms with E-state index in [2.05, 4.69) is 6.92 Å². The molecule has 1 aromatic rings. The predicted octanol–water partition coefficient (Wildman–Crippen LogP) is 4.54. The van der Waals surface area contributed by atoms with Crippen LogP contribution in [0.5, 0.6) is 0 Å². The fraction of sp³-hybridized carbons (Fsp3) is 0.500. The first-order chi connectivity index (χ1) is 11.6. The SMILES string of the molecule is CCCCCC(C)OC(=O)CCC(=O)OC/C=C/c1ccccc1. The topological polar surface area (TPSA) is 52.6 Å². The van der Waals surface area contributed by atoms with Crippen LogP contribution in [0.15, 0.2) is 36.4 Å². The van der Waals surface area contributed by atoms with Crippen molar-refractivity contribution in [3.05, 3.63) is 42.0 Å². The average Bonchev–Trinajstić information content (AvgIpc) is 2.58. The van der Waals surface area contributed by atoms with Crippen LogP contribution in [0.3, 0.4) is 0 Å². The maximum atomic E-state index is 11.7. The van der Waals surface area contributed by atoms with Crippen LogP contribution in [0.2, 0.25) is 0 Å². The van der Waals surface area contributed by atoms with Crippen LogP contribution in [0.4, 0.5) is 0 Å². The highest BCUT2D eigenvalue weighted by molar-refractivity contribution is 5.77. The quantitative estimate of drug-likeness (QED) is 0.441. The van der Waals surface area contributed by atoms with E-state index in [1.165, 1.54) is 0 Å². The van der Waals surface area contributed by atoms with E-state index in [4.69, 9.17) is 9.47 Å². The van der Waals surface area contributed by atoms with Crippen LogP contribution in [0.25, 0.3) is 6.08 Å². The van der Waals surface area contributed by atoms with Gasteiger partial charge in [-0.3, -0.25) is 9.59 Å². The lowest BCUT2D eigenvalue weighted by Crippen LogP contribution is -2.16. The number of ether oxygens (including phenoxy) is 2. The molecule has 4 nitrogen and oxygen atoms in total. The van der Waals surface area contributed by atoms with Gasteiger partial charge in [-0.15, -0.1) is 0 Å². The third kappa shape index (κ3) is 9.82. The molecular formula is C20H28O4. The van der Waals surface area contributed by atoms with E-state index in [0.717, 1.165) is 31.2 Å². The van der Waals surface area contributed by atoms with Gasteiger partial charge >= 0.3 is 11.9 Å². The first kappa shape index (κ1) is 19.9. The number of hydrogen-bond donors (Lipinski definition) is 0. The van der Waals surface area contributed by atoms with Crippen LogP contribution in [-0.4, -0.2) is 24.6 Å². The summed E-state index contributed by atoms with van der Waals surface area (Å²) in [6.07, 6.45) is 7.92. The molecule has 1 atom stereocenters. The summed E-state index contributed by atoms with van der Waals surface area (Å²) in [5.74, 6) is -0.723. The predicted molar refractivity (Wildman–Crippen MR) is 95.4 cm³/mol. The second-order valence-corrected chi connectivity index (χ2v) is 5.79. The highest BCUT2D eigenvalue weighted by Gasteiger charge is 2.12. The van der Waals surface area contributed by atoms with Crippen molar-refractivity contribution < 1.29 is 19.1 Å². The van der Waals surface area contributed by atoms with Crippen molar-refractivity contribution in [2.24, 2.45) is 0 Å². The minimum Gasteiger partial charge on any atom is -0.463 e. The normalized spacial score (nSPS) is 12.1. The Morgan fingerprint density at radius 3 is 2.50 bits per heavy atom. The molecule has 0 saturated carbocycles. The summed E-state index contributed by atoms with van der Waals surface area (Å²) in [6, 6.07) is 9.77. The molecule has 1 aromatic carbocycles. The number of carbonyl (C=O) groups excluding carboxylic acids is 2. The molecule has 0 aliphatic rings. The summed E-state index contributed by atoms with van der Waals surface area (Å²) in [5.41, 5.74) is 1.05. The lowest BCUT2D eigenvalue weighted by atomic mass is 10.1. The van der Waals surface area contributed by atoms with Crippen molar-refractivity contribution in [3.8, 4) is 0 Å². The second-order valence-electron chi connectivity index (χ2n) is 5.79. The number of carbonyl (C=O) groups is 2. The maximum Gasteiger partial charge on any atom is 0.306 e. The Hall–Kier alpha value is -2.10. The van der Waals surface area contributed by atoms with Crippen molar-refractivity contribution in [1.82, 2.24) is 0 Å². The molecule has 1 unspecified atom stereocenters. The number of rotatable bonds is 11. The smallest absolute Gasteiger partial charge is 0.306 e. The Balaban J connectivity index is 2.12. The molecule has 4 heteroatoms. The van der Waals surface area contributed by atoms with Gasteiger partial charge in [-0.2, -0.15) is 0 Å². The van der Waals surface area contributed by atoms with E-state index < -0.39 is 0 Å². The first-order valence-electron chi connectivity index (χ1n) is 8.68. The Morgan fingerprint density at radius 1 is 1.08 bits per heavy atom. The Bertz CT molecular complexity index is 508. The largest absolute Gasteiger partial charge is 0.463 e. The summed E-state index contributed by atoms with van der Waals surface area (Å²) in [7, 11) is 0. The molecule has 0 amide bonds. The molecule has 0 fully saturated rings. The van der Waals surface area contributed by atoms with Crippen LogP contribution in [0.1, 0.15) is 57.9 Å². The number of esters is 2. The van der Waals surface area contributed by atoms with Crippen molar-refractivity contribution >= 4 is 18.0 Å². The zero-order chi connectivity index (χ0) is 17.6. The zero-order valence-corrected chi connectivity index (χ0v) is 14.7. The van der Waals surface area contributed by atoms with Crippen LogP contribution < -0.4 is 0 Å². The van der Waals surface area contributed by atoms with Gasteiger partial charge < -0.3 is 9.47 Å². The third-order valence-electron chi connectivity index (χ3n) is 3.53. The van der Waals surface area contributed by atoms with Gasteiger partial charge in [0.15, 0.2) is 0 Å². The minimum atomic E-state index is -0.386. The third-order valence-corrected chi connectivity index (χ3v) is 3.53. The molecular weight excluding hydrogens is 304 g/mol. The molecule has 0 heterocycles. The van der Waals surface area contributed by atoms with E-state index in [9.17, 15) is 9.59 Å². The molecule has 0 spiro atoms. The summed E-state index contributed by atoms with van der Waals surface area (Å²) >= 11 is 0. The van der Waals surface area contributed by atoms with E-state index in [1.54, 1.807) is 6.08 Å². The van der Waals surface area contributed by atoms with Crippen molar-refractivity contribution in [1.29, 1.82) is 0 Å². The monoisotopic (exact) mass is 332 g/mol. The molecule has 0 aliphatic heterocycles. The van der Waals surface area contributed by atoms with Crippen LogP contribution >= 0.6 is 0 Å². The van der Waals surface area contributed by atoms with Crippen molar-refractivity contribution in [3.63, 3.8) is 0 Å². The molecule has 0 aliphatic carbocycles. The van der Waals surface area contributed by atoms with Gasteiger partial charge in [0.2, 0.25) is 0 Å². The summed E-state index contributed by atoms with van der Waals surface area (Å²) < 4.78 is 10.3. The van der Waals surface area contributed by atoms with Gasteiger partial charge in [0.05, 0.1) is 18.9 Å². The summed E-state index contributed by atoms with van der Waals surface area (Å²) in [6.45, 7) is 4.23. The Morgan fingerprint density at radius 2 is 1.79 bits per heavy atom. The second kappa shape index (κ2) is 12.3. The van der Waals surface area contributed by atoms with E-state index in [0.29, 0.717) is 0 Å². The lowest BCUT2D eigenvalue weighted by Gasteiger charge is -2.12. The minimum absolute atomic E-state index is 0.0552. The Kier molecular flexibility index (Phi) is 10.3. The number of hydrogen-bond acceptors (Lipinski definition) is 4. The summed E-state index contributed by atoms with van der Waals surface area (Å²) in [5, 5.41) is 0. The van der Waals surface area contributed by atoms with Crippen LogP contribution in [-0.2, 0) is 19.1 Å². The summed E-state index contributed by atoms with van der Waals surface area (Å²) in [4.78, 5) is 23.3. The van der Waals surface area contributed by atoms with Gasteiger partial charge in [-0.25, -0.2) is 0 Å². The van der Waals surface area contributed by atoms with E-state index in [-0.39, 0.29) is 37.5 Å². The average molecular weight is 332 g/mol. The standard InChI is InChI=1S/C20H28O4/c1-3-4-6-10-17(2)24-20(22)15-14-19(21)23-16-9-13-18-11-7-5-8-12-18/h5,7-9,11-13,17H,3-4,6,10,14-16H2,1-2H3/b13-9+. The Labute approximate surface area is 144 Å². The molecule has 0 saturated heterocycles. The van der Waals surface area contributed by atoms with Gasteiger partial charge in [0.25, 0.3) is 0 Å². The van der Waals surface area contributed by atoms with Gasteiger partial charge in [0.1, 0.15) is 6.61 Å². The van der Waals surface area contributed by atoms with Crippen molar-refractivity contribution in [2.45, 2.75) is 58.5 Å². The van der Waals surface area contributed by atoms with Crippen LogP contribution in [0, 0.1) is 0 Å². The molecule has 0 radical (unpaired) electrons. The molecule has 1 rings (SSSR count). The van der Waals surface area contributed by atoms with E-state index in [1.807, 2.05) is 43.3 Å². The lowest BCUT2D eigenvalue weighted by molar-refractivity contribution is -0.152. The molecule has 24 heavy (non-hydrogen) atoms. The highest BCUT2D eigenvalue weighted by atomic mass is 16.5. The van der Waals surface area contributed by atoms with E-state index >= 15 is 0 Å². The van der Waals surface area contributed by atoms with Gasteiger partial charge in [0, 0.05) is 0 Å². The molecule has 0 N–H and O–H groups in total.